The van der Waals surface area contributed by atoms with Crippen molar-refractivity contribution in [2.75, 3.05) is 26.2 Å². The topological polar surface area (TPSA) is 32.3 Å². The first-order valence-corrected chi connectivity index (χ1v) is 4.78. The van der Waals surface area contributed by atoms with E-state index in [4.69, 9.17) is 0 Å². The fraction of sp³-hybridized carbons (Fsp3) is 0.889. The number of hydrogen-bond donors (Lipinski definition) is 1. The fourth-order valence-electron chi connectivity index (χ4n) is 1.79. The summed E-state index contributed by atoms with van der Waals surface area (Å²) in [5.41, 5.74) is 0. The van der Waals surface area contributed by atoms with Crippen LogP contribution in [0.5, 0.6) is 0 Å². The Bertz CT molecular complexity index is 187. The van der Waals surface area contributed by atoms with Crippen molar-refractivity contribution < 1.29 is 4.79 Å². The third-order valence-corrected chi connectivity index (χ3v) is 2.86. The van der Waals surface area contributed by atoms with E-state index in [9.17, 15) is 4.79 Å². The van der Waals surface area contributed by atoms with Crippen molar-refractivity contribution >= 4 is 5.91 Å². The molecule has 1 heterocycles. The van der Waals surface area contributed by atoms with Gasteiger partial charge in [0.2, 0.25) is 5.91 Å². The Balaban J connectivity index is 1.86. The van der Waals surface area contributed by atoms with E-state index >= 15 is 0 Å². The molecule has 1 N–H and O–H groups in total. The Morgan fingerprint density at radius 2 is 2.00 bits per heavy atom. The molecule has 0 bridgehead atoms. The molecule has 1 saturated heterocycles. The molecule has 1 aliphatic heterocycles. The van der Waals surface area contributed by atoms with Crippen molar-refractivity contribution in [1.82, 2.24) is 10.2 Å². The molecule has 2 fully saturated rings. The van der Waals surface area contributed by atoms with Crippen LogP contribution in [-0.4, -0.2) is 37.0 Å². The third kappa shape index (κ3) is 1.46. The minimum absolute atomic E-state index is 0.364. The lowest BCUT2D eigenvalue weighted by molar-refractivity contribution is -0.133. The number of carbonyl (C=O) groups excluding carboxylic acids is 1. The van der Waals surface area contributed by atoms with E-state index in [1.165, 1.54) is 0 Å². The smallest absolute Gasteiger partial charge is 0.226 e. The summed E-state index contributed by atoms with van der Waals surface area (Å²) in [5.74, 6) is 1.40. The number of rotatable bonds is 1. The van der Waals surface area contributed by atoms with Crippen LogP contribution in [0.25, 0.3) is 0 Å². The molecule has 0 aromatic rings. The Labute approximate surface area is 73.1 Å². The van der Waals surface area contributed by atoms with Crippen LogP contribution in [0.3, 0.4) is 0 Å². The van der Waals surface area contributed by atoms with Gasteiger partial charge in [0.25, 0.3) is 0 Å². The first-order chi connectivity index (χ1) is 5.79. The van der Waals surface area contributed by atoms with Gasteiger partial charge in [-0.25, -0.2) is 0 Å². The van der Waals surface area contributed by atoms with Crippen molar-refractivity contribution in [3.8, 4) is 0 Å². The summed E-state index contributed by atoms with van der Waals surface area (Å²) in [6.07, 6.45) is 1.11. The van der Waals surface area contributed by atoms with Gasteiger partial charge in [-0.1, -0.05) is 6.92 Å². The normalized spacial score (nSPS) is 34.9. The Morgan fingerprint density at radius 1 is 1.42 bits per heavy atom. The van der Waals surface area contributed by atoms with Gasteiger partial charge in [0.05, 0.1) is 0 Å². The molecule has 3 nitrogen and oxygen atoms in total. The second-order valence-electron chi connectivity index (χ2n) is 3.89. The molecular formula is C9H16N2O. The molecule has 68 valence electrons. The van der Waals surface area contributed by atoms with Crippen molar-refractivity contribution in [3.05, 3.63) is 0 Å². The summed E-state index contributed by atoms with van der Waals surface area (Å²) >= 11 is 0. The van der Waals surface area contributed by atoms with Gasteiger partial charge >= 0.3 is 0 Å². The summed E-state index contributed by atoms with van der Waals surface area (Å²) in [6.45, 7) is 5.90. The highest BCUT2D eigenvalue weighted by atomic mass is 16.2. The number of hydrogen-bond acceptors (Lipinski definition) is 2. The van der Waals surface area contributed by atoms with Crippen LogP contribution < -0.4 is 5.32 Å². The molecule has 0 aromatic heterocycles. The van der Waals surface area contributed by atoms with Crippen LogP contribution >= 0.6 is 0 Å². The van der Waals surface area contributed by atoms with Crippen molar-refractivity contribution in [2.24, 2.45) is 11.8 Å². The lowest BCUT2D eigenvalue weighted by atomic mass is 10.2. The molecule has 12 heavy (non-hydrogen) atoms. The molecule has 2 aliphatic rings. The lowest BCUT2D eigenvalue weighted by Gasteiger charge is -2.27. The largest absolute Gasteiger partial charge is 0.340 e. The summed E-state index contributed by atoms with van der Waals surface area (Å²) in [7, 11) is 0. The molecule has 0 unspecified atom stereocenters. The van der Waals surface area contributed by atoms with Crippen LogP contribution in [-0.2, 0) is 4.79 Å². The molecule has 1 amide bonds. The summed E-state index contributed by atoms with van der Waals surface area (Å²) in [5, 5.41) is 3.25. The van der Waals surface area contributed by atoms with Gasteiger partial charge in [0, 0.05) is 32.1 Å². The minimum atomic E-state index is 0.364. The molecule has 0 aromatic carbocycles. The van der Waals surface area contributed by atoms with E-state index in [1.807, 2.05) is 4.90 Å². The van der Waals surface area contributed by atoms with E-state index in [-0.39, 0.29) is 0 Å². The van der Waals surface area contributed by atoms with Crippen LogP contribution in [0, 0.1) is 11.8 Å². The molecule has 0 spiro atoms. The number of nitrogens with zero attached hydrogens (tertiary/aromatic N) is 1. The molecule has 3 heteroatoms. The maximum atomic E-state index is 11.7. The predicted molar refractivity (Wildman–Crippen MR) is 46.7 cm³/mol. The van der Waals surface area contributed by atoms with E-state index in [2.05, 4.69) is 12.2 Å². The summed E-state index contributed by atoms with van der Waals surface area (Å²) in [6, 6.07) is 0. The quantitative estimate of drug-likeness (QED) is 0.601. The second-order valence-corrected chi connectivity index (χ2v) is 3.89. The number of nitrogens with one attached hydrogen (secondary N) is 1. The molecule has 2 atom stereocenters. The van der Waals surface area contributed by atoms with Gasteiger partial charge in [-0.15, -0.1) is 0 Å². The molecule has 0 radical (unpaired) electrons. The average Bonchev–Trinajstić information content (AvgIpc) is 2.83. The fourth-order valence-corrected chi connectivity index (χ4v) is 1.79. The van der Waals surface area contributed by atoms with Crippen molar-refractivity contribution in [2.45, 2.75) is 13.3 Å². The van der Waals surface area contributed by atoms with Gasteiger partial charge in [0.1, 0.15) is 0 Å². The van der Waals surface area contributed by atoms with Gasteiger partial charge in [0.15, 0.2) is 0 Å². The van der Waals surface area contributed by atoms with E-state index in [0.717, 1.165) is 32.6 Å². The van der Waals surface area contributed by atoms with Crippen molar-refractivity contribution in [1.29, 1.82) is 0 Å². The second kappa shape index (κ2) is 3.05. The molecular weight excluding hydrogens is 152 g/mol. The zero-order valence-corrected chi connectivity index (χ0v) is 7.55. The summed E-state index contributed by atoms with van der Waals surface area (Å²) < 4.78 is 0. The minimum Gasteiger partial charge on any atom is -0.340 e. The molecule has 1 aliphatic carbocycles. The average molecular weight is 168 g/mol. The maximum absolute atomic E-state index is 11.7. The van der Waals surface area contributed by atoms with Crippen LogP contribution in [0.15, 0.2) is 0 Å². The number of carbonyl (C=O) groups is 1. The highest BCUT2D eigenvalue weighted by Crippen LogP contribution is 2.39. The van der Waals surface area contributed by atoms with E-state index in [0.29, 0.717) is 17.7 Å². The highest BCUT2D eigenvalue weighted by Gasteiger charge is 2.41. The van der Waals surface area contributed by atoms with Gasteiger partial charge in [-0.05, 0) is 12.3 Å². The van der Waals surface area contributed by atoms with Crippen LogP contribution in [0.1, 0.15) is 13.3 Å². The van der Waals surface area contributed by atoms with Crippen LogP contribution in [0.2, 0.25) is 0 Å². The highest BCUT2D eigenvalue weighted by molar-refractivity contribution is 5.81. The van der Waals surface area contributed by atoms with Gasteiger partial charge < -0.3 is 10.2 Å². The first-order valence-electron chi connectivity index (χ1n) is 4.78. The number of piperazine rings is 1. The first kappa shape index (κ1) is 8.05. The lowest BCUT2D eigenvalue weighted by Crippen LogP contribution is -2.47. The predicted octanol–water partition coefficient (Wildman–Crippen LogP) is 0.0742. The van der Waals surface area contributed by atoms with E-state index < -0.39 is 0 Å². The molecule has 1 saturated carbocycles. The van der Waals surface area contributed by atoms with Gasteiger partial charge in [-0.2, -0.15) is 0 Å². The third-order valence-electron chi connectivity index (χ3n) is 2.86. The zero-order valence-electron chi connectivity index (χ0n) is 7.55. The van der Waals surface area contributed by atoms with Crippen molar-refractivity contribution in [3.63, 3.8) is 0 Å². The Kier molecular flexibility index (Phi) is 2.05. The van der Waals surface area contributed by atoms with Crippen LogP contribution in [0.4, 0.5) is 0 Å². The number of amides is 1. The molecule has 2 rings (SSSR count). The Morgan fingerprint density at radius 3 is 2.50 bits per heavy atom. The standard InChI is InChI=1S/C9H16N2O/c1-7-6-8(7)9(12)11-4-2-10-3-5-11/h7-8,10H,2-6H2,1H3/t7-,8-/m0/s1. The Hall–Kier alpha value is -0.570. The SMILES string of the molecule is C[C@H]1C[C@@H]1C(=O)N1CCNCC1. The maximum Gasteiger partial charge on any atom is 0.226 e. The van der Waals surface area contributed by atoms with Gasteiger partial charge in [-0.3, -0.25) is 4.79 Å². The van der Waals surface area contributed by atoms with E-state index in [1.54, 1.807) is 0 Å². The summed E-state index contributed by atoms with van der Waals surface area (Å²) in [4.78, 5) is 13.7. The zero-order chi connectivity index (χ0) is 8.55. The monoisotopic (exact) mass is 168 g/mol.